The molecule has 37 heavy (non-hydrogen) atoms. The Labute approximate surface area is 213 Å². The van der Waals surface area contributed by atoms with Crippen LogP contribution in [0.2, 0.25) is 0 Å². The van der Waals surface area contributed by atoms with Crippen molar-refractivity contribution in [3.8, 4) is 5.75 Å². The van der Waals surface area contributed by atoms with Crippen LogP contribution in [0.25, 0.3) is 21.8 Å². The first-order valence-corrected chi connectivity index (χ1v) is 13.0. The number of pyridine rings is 1. The zero-order chi connectivity index (χ0) is 26.7. The molecule has 0 unspecified atom stereocenters. The van der Waals surface area contributed by atoms with Crippen LogP contribution >= 0.6 is 0 Å². The van der Waals surface area contributed by atoms with Crippen molar-refractivity contribution in [1.82, 2.24) is 0 Å². The molecule has 0 radical (unpaired) electrons. The van der Waals surface area contributed by atoms with Crippen LogP contribution in [0, 0.1) is 6.92 Å². The molecular weight excluding hydrogens is 498 g/mol. The Morgan fingerprint density at radius 2 is 1.59 bits per heavy atom. The second-order valence-electron chi connectivity index (χ2n) is 8.59. The van der Waals surface area contributed by atoms with Gasteiger partial charge in [-0.2, -0.15) is 4.57 Å². The van der Waals surface area contributed by atoms with Crippen LogP contribution in [0.5, 0.6) is 5.75 Å². The first-order valence-electron chi connectivity index (χ1n) is 11.5. The predicted octanol–water partition coefficient (Wildman–Crippen LogP) is 3.59. The lowest BCUT2D eigenvalue weighted by Gasteiger charge is -2.16. The Morgan fingerprint density at radius 1 is 1.00 bits per heavy atom. The van der Waals surface area contributed by atoms with Crippen molar-refractivity contribution in [3.05, 3.63) is 82.9 Å². The predicted molar refractivity (Wildman–Crippen MR) is 135 cm³/mol. The van der Waals surface area contributed by atoms with Crippen molar-refractivity contribution in [3.63, 3.8) is 0 Å². The molecule has 0 aliphatic heterocycles. The van der Waals surface area contributed by atoms with Crippen molar-refractivity contribution in [2.45, 2.75) is 26.5 Å². The fourth-order valence-electron chi connectivity index (χ4n) is 4.50. The van der Waals surface area contributed by atoms with Gasteiger partial charge in [-0.1, -0.05) is 24.3 Å². The molecule has 4 rings (SSSR count). The molecule has 0 bridgehead atoms. The van der Waals surface area contributed by atoms with Crippen molar-refractivity contribution in [1.29, 1.82) is 0 Å². The Morgan fingerprint density at radius 3 is 2.14 bits per heavy atom. The highest BCUT2D eigenvalue weighted by molar-refractivity contribution is 7.85. The van der Waals surface area contributed by atoms with E-state index in [2.05, 4.69) is 0 Å². The molecule has 0 atom stereocenters. The summed E-state index contributed by atoms with van der Waals surface area (Å²) in [5, 5.41) is 10.6. The van der Waals surface area contributed by atoms with Gasteiger partial charge in [0.15, 0.2) is 6.54 Å². The van der Waals surface area contributed by atoms with Gasteiger partial charge in [-0.25, -0.2) is 18.0 Å². The number of aromatic carboxylic acids is 1. The van der Waals surface area contributed by atoms with Crippen molar-refractivity contribution >= 4 is 43.9 Å². The summed E-state index contributed by atoms with van der Waals surface area (Å²) in [6.07, 6.45) is 0.115. The lowest BCUT2D eigenvalue weighted by atomic mass is 10.0. The van der Waals surface area contributed by atoms with Crippen LogP contribution in [0.15, 0.2) is 60.7 Å². The number of benzene rings is 3. The maximum Gasteiger partial charge on any atom is 0.345 e. The highest BCUT2D eigenvalue weighted by Gasteiger charge is 2.26. The third-order valence-corrected chi connectivity index (χ3v) is 6.79. The number of carbonyl (C=O) groups excluding carboxylic acids is 1. The minimum Gasteiger partial charge on any atom is -0.748 e. The van der Waals surface area contributed by atoms with Gasteiger partial charge in [-0.15, -0.1) is 0 Å². The molecule has 10 heteroatoms. The number of aromatic nitrogens is 1. The Bertz CT molecular complexity index is 1570. The normalized spacial score (nSPS) is 11.6. The highest BCUT2D eigenvalue weighted by atomic mass is 32.2. The number of carboxylic acid groups (broad SMARTS) is 1. The van der Waals surface area contributed by atoms with E-state index in [1.54, 1.807) is 43.3 Å². The zero-order valence-corrected chi connectivity index (χ0v) is 21.1. The fraction of sp³-hybridized carbons (Fsp3) is 0.222. The molecule has 0 spiro atoms. The second-order valence-corrected chi connectivity index (χ2v) is 10.1. The van der Waals surface area contributed by atoms with Gasteiger partial charge in [0.1, 0.15) is 5.75 Å². The minimum absolute atomic E-state index is 0.0451. The Kier molecular flexibility index (Phi) is 7.53. The van der Waals surface area contributed by atoms with Crippen LogP contribution in [-0.2, 0) is 28.0 Å². The number of esters is 1. The van der Waals surface area contributed by atoms with E-state index in [0.29, 0.717) is 38.5 Å². The quantitative estimate of drug-likeness (QED) is 0.116. The van der Waals surface area contributed by atoms with Crippen LogP contribution in [0.1, 0.15) is 38.3 Å². The molecule has 4 aromatic rings. The number of rotatable bonds is 9. The summed E-state index contributed by atoms with van der Waals surface area (Å²) in [5.41, 5.74) is 2.61. The number of hydrogen-bond donors (Lipinski definition) is 1. The fourth-order valence-corrected chi connectivity index (χ4v) is 4.98. The van der Waals surface area contributed by atoms with Crippen molar-refractivity contribution < 1.29 is 41.7 Å². The van der Waals surface area contributed by atoms with Crippen molar-refractivity contribution in [2.75, 3.05) is 12.9 Å². The number of hydrogen-bond acceptors (Lipinski definition) is 7. The van der Waals surface area contributed by atoms with E-state index in [9.17, 15) is 27.7 Å². The first kappa shape index (κ1) is 26.2. The minimum atomic E-state index is -4.36. The molecule has 3 aromatic carbocycles. The van der Waals surface area contributed by atoms with E-state index in [4.69, 9.17) is 9.47 Å². The SMILES string of the molecule is COCc1cc(C(=O)O)cc(C)c1OC(=O)c1c2ccccc2[n+](CCCS(=O)(=O)[O-])c2ccccc12. The summed E-state index contributed by atoms with van der Waals surface area (Å²) in [5.74, 6) is -2.01. The van der Waals surface area contributed by atoms with E-state index < -0.39 is 27.8 Å². The standard InChI is InChI=1S/C27H25NO8S/c1-17-14-18(26(29)30)15-19(16-35-2)25(17)36-27(31)24-20-8-3-5-10-22(20)28(12-7-13-37(32,33)34)23-11-6-4-9-21(23)24/h3-6,8-11,14-15H,7,12-13,16H2,1-2H3,(H-,29,30,32,33,34). The molecule has 0 aliphatic carbocycles. The second kappa shape index (κ2) is 10.6. The molecular formula is C27H25NO8S. The molecule has 1 aromatic heterocycles. The van der Waals surface area contributed by atoms with Crippen LogP contribution in [-0.4, -0.2) is 42.9 Å². The van der Waals surface area contributed by atoms with Gasteiger partial charge in [0.05, 0.1) is 38.6 Å². The molecule has 0 fully saturated rings. The maximum absolute atomic E-state index is 13.7. The molecule has 1 N–H and O–H groups in total. The highest BCUT2D eigenvalue weighted by Crippen LogP contribution is 2.31. The monoisotopic (exact) mass is 523 g/mol. The van der Waals surface area contributed by atoms with Crippen LogP contribution in [0.4, 0.5) is 0 Å². The van der Waals surface area contributed by atoms with Gasteiger partial charge < -0.3 is 19.1 Å². The lowest BCUT2D eigenvalue weighted by Crippen LogP contribution is -2.37. The van der Waals surface area contributed by atoms with Gasteiger partial charge in [-0.3, -0.25) is 0 Å². The number of para-hydroxylation sites is 2. The molecule has 0 amide bonds. The number of carbonyl (C=O) groups is 2. The number of carboxylic acids is 1. The summed E-state index contributed by atoms with van der Waals surface area (Å²) < 4.78 is 46.5. The largest absolute Gasteiger partial charge is 0.748 e. The van der Waals surface area contributed by atoms with E-state index in [0.717, 1.165) is 0 Å². The van der Waals surface area contributed by atoms with E-state index in [-0.39, 0.29) is 30.9 Å². The first-order chi connectivity index (χ1) is 17.6. The summed E-state index contributed by atoms with van der Waals surface area (Å²) in [4.78, 5) is 25.2. The molecule has 1 heterocycles. The molecule has 0 saturated carbocycles. The van der Waals surface area contributed by atoms with Crippen LogP contribution < -0.4 is 9.30 Å². The van der Waals surface area contributed by atoms with E-state index in [1.165, 1.54) is 19.2 Å². The lowest BCUT2D eigenvalue weighted by molar-refractivity contribution is -0.645. The zero-order valence-electron chi connectivity index (χ0n) is 20.3. The third kappa shape index (κ3) is 5.61. The van der Waals surface area contributed by atoms with Gasteiger partial charge >= 0.3 is 11.9 Å². The smallest absolute Gasteiger partial charge is 0.345 e. The average Bonchev–Trinajstić information content (AvgIpc) is 2.84. The third-order valence-electron chi connectivity index (χ3n) is 6.00. The number of fused-ring (bicyclic) bond motifs is 2. The number of ether oxygens (including phenoxy) is 2. The molecule has 0 saturated heterocycles. The maximum atomic E-state index is 13.7. The average molecular weight is 524 g/mol. The van der Waals surface area contributed by atoms with Gasteiger partial charge in [0, 0.05) is 37.0 Å². The summed E-state index contributed by atoms with van der Waals surface area (Å²) in [7, 11) is -2.90. The van der Waals surface area contributed by atoms with Gasteiger partial charge in [-0.05, 0) is 36.8 Å². The van der Waals surface area contributed by atoms with Gasteiger partial charge in [0.2, 0.25) is 11.0 Å². The topological polar surface area (TPSA) is 134 Å². The van der Waals surface area contributed by atoms with Crippen LogP contribution in [0.3, 0.4) is 0 Å². The summed E-state index contributed by atoms with van der Waals surface area (Å²) in [6, 6.07) is 17.2. The number of nitrogens with zero attached hydrogens (tertiary/aromatic N) is 1. The Balaban J connectivity index is 1.86. The van der Waals surface area contributed by atoms with Crippen molar-refractivity contribution in [2.24, 2.45) is 0 Å². The number of methoxy groups -OCH3 is 1. The van der Waals surface area contributed by atoms with E-state index >= 15 is 0 Å². The molecule has 192 valence electrons. The van der Waals surface area contributed by atoms with Gasteiger partial charge in [0.25, 0.3) is 0 Å². The summed E-state index contributed by atoms with van der Waals surface area (Å²) in [6.45, 7) is 1.96. The van der Waals surface area contributed by atoms with E-state index in [1.807, 2.05) is 16.7 Å². The summed E-state index contributed by atoms with van der Waals surface area (Å²) >= 11 is 0. The Hall–Kier alpha value is -3.86. The molecule has 0 aliphatic rings. The molecule has 9 nitrogen and oxygen atoms in total. The number of aryl methyl sites for hydroxylation is 2.